The number of methoxy groups -OCH3 is 2. The van der Waals surface area contributed by atoms with Crippen LogP contribution in [0.4, 0.5) is 0 Å². The highest BCUT2D eigenvalue weighted by atomic mass is 35.5. The van der Waals surface area contributed by atoms with Gasteiger partial charge in [-0.1, -0.05) is 23.7 Å². The molecule has 6 heteroatoms. The number of hydrogen-bond donors (Lipinski definition) is 1. The van der Waals surface area contributed by atoms with Crippen LogP contribution in [0, 0.1) is 6.92 Å². The fourth-order valence-electron chi connectivity index (χ4n) is 2.77. The first-order valence-electron chi connectivity index (χ1n) is 7.80. The minimum Gasteiger partial charge on any atom is -0.504 e. The Balaban J connectivity index is 2.10. The van der Waals surface area contributed by atoms with E-state index < -0.39 is 5.78 Å². The van der Waals surface area contributed by atoms with Crippen molar-refractivity contribution >= 4 is 34.4 Å². The van der Waals surface area contributed by atoms with Gasteiger partial charge in [0.05, 0.1) is 25.9 Å². The standard InChI is InChI=1S/C20H17ClO5/c1-11-4-5-12(14(21)10-11)6-7-15(22)16-17(23)20(25-3)19-13(8-9-26-19)18(16)24-2/h4-10,23H,1-3H3/b7-6+. The van der Waals surface area contributed by atoms with Crippen molar-refractivity contribution in [1.29, 1.82) is 0 Å². The van der Waals surface area contributed by atoms with Crippen LogP contribution in [0.3, 0.4) is 0 Å². The van der Waals surface area contributed by atoms with E-state index in [1.54, 1.807) is 12.1 Å². The van der Waals surface area contributed by atoms with Gasteiger partial charge in [0, 0.05) is 5.02 Å². The molecule has 1 heterocycles. The Bertz CT molecular complexity index is 1020. The number of fused-ring (bicyclic) bond motifs is 1. The summed E-state index contributed by atoms with van der Waals surface area (Å²) in [6.45, 7) is 1.93. The molecule has 0 unspecified atom stereocenters. The molecule has 0 aliphatic heterocycles. The first-order valence-corrected chi connectivity index (χ1v) is 8.18. The zero-order valence-electron chi connectivity index (χ0n) is 14.5. The first kappa shape index (κ1) is 17.9. The minimum atomic E-state index is -0.447. The summed E-state index contributed by atoms with van der Waals surface area (Å²) in [6, 6.07) is 7.17. The Labute approximate surface area is 155 Å². The predicted molar refractivity (Wildman–Crippen MR) is 101 cm³/mol. The van der Waals surface area contributed by atoms with Crippen LogP contribution in [0.15, 0.2) is 41.0 Å². The second-order valence-corrected chi connectivity index (χ2v) is 6.08. The molecule has 5 nitrogen and oxygen atoms in total. The molecule has 3 rings (SSSR count). The van der Waals surface area contributed by atoms with Gasteiger partial charge in [-0.2, -0.15) is 0 Å². The number of furan rings is 1. The van der Waals surface area contributed by atoms with Crippen LogP contribution < -0.4 is 9.47 Å². The lowest BCUT2D eigenvalue weighted by atomic mass is 10.0. The molecule has 26 heavy (non-hydrogen) atoms. The van der Waals surface area contributed by atoms with Crippen LogP contribution in [-0.2, 0) is 0 Å². The van der Waals surface area contributed by atoms with Crippen molar-refractivity contribution in [2.75, 3.05) is 14.2 Å². The van der Waals surface area contributed by atoms with E-state index in [4.69, 9.17) is 25.5 Å². The number of aryl methyl sites for hydroxylation is 1. The summed E-state index contributed by atoms with van der Waals surface area (Å²) in [6.07, 6.45) is 4.36. The van der Waals surface area contributed by atoms with Crippen molar-refractivity contribution in [3.05, 3.63) is 58.3 Å². The fourth-order valence-corrected chi connectivity index (χ4v) is 3.07. The normalized spacial score (nSPS) is 11.2. The van der Waals surface area contributed by atoms with Gasteiger partial charge in [0.15, 0.2) is 17.1 Å². The van der Waals surface area contributed by atoms with Crippen molar-refractivity contribution in [3.8, 4) is 17.2 Å². The van der Waals surface area contributed by atoms with E-state index in [-0.39, 0.29) is 22.8 Å². The number of aromatic hydroxyl groups is 1. The summed E-state index contributed by atoms with van der Waals surface area (Å²) in [5, 5.41) is 11.6. The van der Waals surface area contributed by atoms with Gasteiger partial charge in [-0.3, -0.25) is 4.79 Å². The number of halogens is 1. The minimum absolute atomic E-state index is 0.00210. The van der Waals surface area contributed by atoms with Crippen LogP contribution in [0.2, 0.25) is 5.02 Å². The molecular weight excluding hydrogens is 356 g/mol. The van der Waals surface area contributed by atoms with Crippen LogP contribution in [0.5, 0.6) is 17.2 Å². The van der Waals surface area contributed by atoms with Crippen molar-refractivity contribution in [2.24, 2.45) is 0 Å². The average molecular weight is 373 g/mol. The lowest BCUT2D eigenvalue weighted by Gasteiger charge is -2.13. The molecule has 0 atom stereocenters. The number of ether oxygens (including phenoxy) is 2. The molecule has 1 aromatic heterocycles. The number of carbonyl (C=O) groups is 1. The van der Waals surface area contributed by atoms with Crippen molar-refractivity contribution in [2.45, 2.75) is 6.92 Å². The van der Waals surface area contributed by atoms with Gasteiger partial charge in [-0.25, -0.2) is 0 Å². The molecule has 0 aliphatic rings. The first-order chi connectivity index (χ1) is 12.5. The highest BCUT2D eigenvalue weighted by Crippen LogP contribution is 2.45. The van der Waals surface area contributed by atoms with E-state index in [0.717, 1.165) is 5.56 Å². The zero-order valence-corrected chi connectivity index (χ0v) is 15.3. The summed E-state index contributed by atoms with van der Waals surface area (Å²) < 4.78 is 15.9. The quantitative estimate of drug-likeness (QED) is 0.503. The number of ketones is 1. The monoisotopic (exact) mass is 372 g/mol. The second-order valence-electron chi connectivity index (χ2n) is 5.68. The van der Waals surface area contributed by atoms with E-state index in [0.29, 0.717) is 21.6 Å². The predicted octanol–water partition coefficient (Wildman–Crippen LogP) is 5.01. The smallest absolute Gasteiger partial charge is 0.205 e. The van der Waals surface area contributed by atoms with Crippen LogP contribution in [0.1, 0.15) is 21.5 Å². The summed E-state index contributed by atoms with van der Waals surface area (Å²) >= 11 is 6.19. The Kier molecular flexibility index (Phi) is 4.91. The van der Waals surface area contributed by atoms with Crippen LogP contribution in [0.25, 0.3) is 17.0 Å². The summed E-state index contributed by atoms with van der Waals surface area (Å²) in [4.78, 5) is 12.8. The molecule has 0 spiro atoms. The Hall–Kier alpha value is -2.92. The third kappa shape index (κ3) is 3.02. The summed E-state index contributed by atoms with van der Waals surface area (Å²) in [7, 11) is 2.81. The van der Waals surface area contributed by atoms with Gasteiger partial charge in [0.1, 0.15) is 11.3 Å². The maximum absolute atomic E-state index is 12.8. The molecule has 2 aromatic carbocycles. The highest BCUT2D eigenvalue weighted by Gasteiger charge is 2.26. The van der Waals surface area contributed by atoms with Gasteiger partial charge >= 0.3 is 0 Å². The Morgan fingerprint density at radius 3 is 2.58 bits per heavy atom. The maximum atomic E-state index is 12.8. The average Bonchev–Trinajstić information content (AvgIpc) is 3.08. The van der Waals surface area contributed by atoms with Gasteiger partial charge in [0.2, 0.25) is 5.75 Å². The van der Waals surface area contributed by atoms with Crippen molar-refractivity contribution < 1.29 is 23.8 Å². The summed E-state index contributed by atoms with van der Waals surface area (Å²) in [5.74, 6) is -0.485. The Morgan fingerprint density at radius 1 is 1.19 bits per heavy atom. The topological polar surface area (TPSA) is 68.9 Å². The lowest BCUT2D eigenvalue weighted by molar-refractivity contribution is 0.104. The third-order valence-electron chi connectivity index (χ3n) is 4.02. The molecule has 0 bridgehead atoms. The fraction of sp³-hybridized carbons (Fsp3) is 0.150. The van der Waals surface area contributed by atoms with E-state index in [2.05, 4.69) is 0 Å². The van der Waals surface area contributed by atoms with Gasteiger partial charge in [-0.05, 0) is 42.3 Å². The number of carbonyl (C=O) groups excluding carboxylic acids is 1. The maximum Gasteiger partial charge on any atom is 0.205 e. The number of benzene rings is 2. The van der Waals surface area contributed by atoms with Crippen molar-refractivity contribution in [3.63, 3.8) is 0 Å². The molecule has 0 amide bonds. The molecule has 0 saturated heterocycles. The van der Waals surface area contributed by atoms with Gasteiger partial charge in [-0.15, -0.1) is 0 Å². The molecule has 0 fully saturated rings. The number of phenols is 1. The molecule has 3 aromatic rings. The number of rotatable bonds is 5. The van der Waals surface area contributed by atoms with Crippen molar-refractivity contribution in [1.82, 2.24) is 0 Å². The second kappa shape index (κ2) is 7.14. The van der Waals surface area contributed by atoms with E-state index >= 15 is 0 Å². The van der Waals surface area contributed by atoms with Crippen LogP contribution >= 0.6 is 11.6 Å². The SMILES string of the molecule is COc1c(C(=O)/C=C/c2ccc(C)cc2Cl)c(O)c(OC)c2occc12. The molecule has 1 N–H and O–H groups in total. The van der Waals surface area contributed by atoms with Gasteiger partial charge in [0.25, 0.3) is 0 Å². The summed E-state index contributed by atoms with van der Waals surface area (Å²) in [5.41, 5.74) is 2.02. The third-order valence-corrected chi connectivity index (χ3v) is 4.35. The zero-order chi connectivity index (χ0) is 18.8. The molecule has 0 radical (unpaired) electrons. The van der Waals surface area contributed by atoms with E-state index in [9.17, 15) is 9.90 Å². The van der Waals surface area contributed by atoms with Gasteiger partial charge < -0.3 is 19.0 Å². The number of phenolic OH excluding ortho intramolecular Hbond substituents is 1. The van der Waals surface area contributed by atoms with Crippen LogP contribution in [-0.4, -0.2) is 25.1 Å². The molecule has 134 valence electrons. The largest absolute Gasteiger partial charge is 0.504 e. The van der Waals surface area contributed by atoms with E-state index in [1.165, 1.54) is 26.6 Å². The molecule has 0 saturated carbocycles. The highest BCUT2D eigenvalue weighted by molar-refractivity contribution is 6.32. The Morgan fingerprint density at radius 2 is 1.92 bits per heavy atom. The molecule has 0 aliphatic carbocycles. The number of allylic oxidation sites excluding steroid dienone is 1. The molecular formula is C20H17ClO5. The van der Waals surface area contributed by atoms with E-state index in [1.807, 2.05) is 25.1 Å². The number of hydrogen-bond acceptors (Lipinski definition) is 5. The lowest BCUT2D eigenvalue weighted by Crippen LogP contribution is -2.02.